The molecule has 1 aliphatic rings. The Kier molecular flexibility index (Phi) is 3.09. The molecule has 0 amide bonds. The second kappa shape index (κ2) is 4.51. The van der Waals surface area contributed by atoms with Crippen molar-refractivity contribution in [3.63, 3.8) is 0 Å². The lowest BCUT2D eigenvalue weighted by atomic mass is 10.2. The Morgan fingerprint density at radius 3 is 3.07 bits per heavy atom. The fourth-order valence-electron chi connectivity index (χ4n) is 2.02. The van der Waals surface area contributed by atoms with Gasteiger partial charge in [0.15, 0.2) is 0 Å². The van der Waals surface area contributed by atoms with Crippen molar-refractivity contribution in [3.8, 4) is 0 Å². The highest BCUT2D eigenvalue weighted by Gasteiger charge is 2.19. The van der Waals surface area contributed by atoms with Crippen LogP contribution in [-0.2, 0) is 0 Å². The van der Waals surface area contributed by atoms with E-state index in [-0.39, 0.29) is 0 Å². The molecule has 0 radical (unpaired) electrons. The molecule has 0 aliphatic carbocycles. The van der Waals surface area contributed by atoms with Crippen LogP contribution >= 0.6 is 0 Å². The molecule has 1 saturated heterocycles. The third-order valence-corrected chi connectivity index (χ3v) is 2.84. The topological polar surface area (TPSA) is 28.2 Å². The number of hydrogen-bond donors (Lipinski definition) is 1. The van der Waals surface area contributed by atoms with Crippen molar-refractivity contribution >= 4 is 11.6 Å². The first-order valence-electron chi connectivity index (χ1n) is 5.75. The van der Waals surface area contributed by atoms with E-state index in [4.69, 9.17) is 0 Å². The second-order valence-corrected chi connectivity index (χ2v) is 4.25. The summed E-state index contributed by atoms with van der Waals surface area (Å²) in [4.78, 5) is 6.96. The van der Waals surface area contributed by atoms with Crippen molar-refractivity contribution in [1.29, 1.82) is 0 Å². The molecule has 0 spiro atoms. The third kappa shape index (κ3) is 2.41. The predicted molar refractivity (Wildman–Crippen MR) is 64.4 cm³/mol. The molecule has 1 atom stereocenters. The fourth-order valence-corrected chi connectivity index (χ4v) is 2.02. The Labute approximate surface area is 91.5 Å². The van der Waals surface area contributed by atoms with Crippen LogP contribution in [0.1, 0.15) is 20.3 Å². The second-order valence-electron chi connectivity index (χ2n) is 4.25. The molecule has 1 aromatic rings. The van der Waals surface area contributed by atoms with Crippen molar-refractivity contribution in [2.75, 3.05) is 29.9 Å². The van der Waals surface area contributed by atoms with Crippen LogP contribution in [0, 0.1) is 5.92 Å². The van der Waals surface area contributed by atoms with Crippen LogP contribution in [0.25, 0.3) is 0 Å². The molecule has 0 aromatic carbocycles. The molecule has 1 unspecified atom stereocenters. The molecular weight excluding hydrogens is 186 g/mol. The zero-order valence-corrected chi connectivity index (χ0v) is 9.53. The maximum Gasteiger partial charge on any atom is 0.130 e. The van der Waals surface area contributed by atoms with E-state index in [1.165, 1.54) is 6.42 Å². The van der Waals surface area contributed by atoms with E-state index in [9.17, 15) is 0 Å². The van der Waals surface area contributed by atoms with Gasteiger partial charge in [-0.1, -0.05) is 13.0 Å². The molecule has 2 heterocycles. The van der Waals surface area contributed by atoms with E-state index in [0.29, 0.717) is 0 Å². The van der Waals surface area contributed by atoms with E-state index in [1.54, 1.807) is 0 Å². The van der Waals surface area contributed by atoms with Crippen LogP contribution in [0.15, 0.2) is 18.2 Å². The average molecular weight is 205 g/mol. The lowest BCUT2D eigenvalue weighted by molar-refractivity contribution is 0.659. The minimum atomic E-state index is 0.801. The highest BCUT2D eigenvalue weighted by molar-refractivity contribution is 5.47. The Balaban J connectivity index is 2.10. The number of pyridine rings is 1. The number of nitrogens with one attached hydrogen (secondary N) is 1. The first-order valence-corrected chi connectivity index (χ1v) is 5.75. The predicted octanol–water partition coefficient (Wildman–Crippen LogP) is 2.36. The van der Waals surface area contributed by atoms with Gasteiger partial charge in [-0.15, -0.1) is 0 Å². The van der Waals surface area contributed by atoms with Crippen molar-refractivity contribution < 1.29 is 0 Å². The van der Waals surface area contributed by atoms with Gasteiger partial charge in [0.05, 0.1) is 0 Å². The zero-order valence-electron chi connectivity index (χ0n) is 9.53. The molecule has 1 fully saturated rings. The number of nitrogens with zero attached hydrogens (tertiary/aromatic N) is 2. The fraction of sp³-hybridized carbons (Fsp3) is 0.583. The van der Waals surface area contributed by atoms with Crippen LogP contribution in [-0.4, -0.2) is 24.6 Å². The molecule has 3 nitrogen and oxygen atoms in total. The summed E-state index contributed by atoms with van der Waals surface area (Å²) in [6.45, 7) is 7.60. The lowest BCUT2D eigenvalue weighted by Gasteiger charge is -2.17. The smallest absolute Gasteiger partial charge is 0.130 e. The summed E-state index contributed by atoms with van der Waals surface area (Å²) in [5, 5.41) is 3.24. The molecule has 15 heavy (non-hydrogen) atoms. The number of hydrogen-bond acceptors (Lipinski definition) is 3. The van der Waals surface area contributed by atoms with E-state index in [2.05, 4.69) is 41.2 Å². The normalized spacial score (nSPS) is 20.7. The van der Waals surface area contributed by atoms with Crippen molar-refractivity contribution in [2.24, 2.45) is 5.92 Å². The molecular formula is C12H19N3. The number of rotatable bonds is 3. The van der Waals surface area contributed by atoms with Gasteiger partial charge >= 0.3 is 0 Å². The Morgan fingerprint density at radius 2 is 2.40 bits per heavy atom. The molecule has 1 N–H and O–H groups in total. The maximum atomic E-state index is 4.59. The summed E-state index contributed by atoms with van der Waals surface area (Å²) < 4.78 is 0. The van der Waals surface area contributed by atoms with Gasteiger partial charge in [0.2, 0.25) is 0 Å². The van der Waals surface area contributed by atoms with Crippen LogP contribution in [0.5, 0.6) is 0 Å². The van der Waals surface area contributed by atoms with Gasteiger partial charge in [-0.05, 0) is 31.4 Å². The van der Waals surface area contributed by atoms with E-state index in [1.807, 2.05) is 6.07 Å². The van der Waals surface area contributed by atoms with Gasteiger partial charge in [0, 0.05) is 19.6 Å². The SMILES string of the molecule is CCNc1cccc(N2CCC(C)C2)n1. The Hall–Kier alpha value is -1.25. The standard InChI is InChI=1S/C12H19N3/c1-3-13-11-5-4-6-12(14-11)15-8-7-10(2)9-15/h4-6,10H,3,7-9H2,1-2H3,(H,13,14). The quantitative estimate of drug-likeness (QED) is 0.821. The summed E-state index contributed by atoms with van der Waals surface area (Å²) >= 11 is 0. The minimum absolute atomic E-state index is 0.801. The lowest BCUT2D eigenvalue weighted by Crippen LogP contribution is -2.20. The summed E-state index contributed by atoms with van der Waals surface area (Å²) in [6.07, 6.45) is 1.28. The van der Waals surface area contributed by atoms with Crippen LogP contribution in [0.2, 0.25) is 0 Å². The molecule has 3 heteroatoms. The number of anilines is 2. The minimum Gasteiger partial charge on any atom is -0.370 e. The highest BCUT2D eigenvalue weighted by atomic mass is 15.2. The zero-order chi connectivity index (χ0) is 10.7. The van der Waals surface area contributed by atoms with Gasteiger partial charge in [0.1, 0.15) is 11.6 Å². The van der Waals surface area contributed by atoms with Gasteiger partial charge in [-0.3, -0.25) is 0 Å². The summed E-state index contributed by atoms with van der Waals surface area (Å²) in [5.74, 6) is 2.89. The molecule has 0 bridgehead atoms. The molecule has 1 aromatic heterocycles. The van der Waals surface area contributed by atoms with Crippen molar-refractivity contribution in [2.45, 2.75) is 20.3 Å². The summed E-state index contributed by atoms with van der Waals surface area (Å²) in [6, 6.07) is 6.19. The van der Waals surface area contributed by atoms with Crippen molar-refractivity contribution in [3.05, 3.63) is 18.2 Å². The van der Waals surface area contributed by atoms with Gasteiger partial charge in [-0.25, -0.2) is 4.98 Å². The first kappa shape index (κ1) is 10.3. The average Bonchev–Trinajstić information content (AvgIpc) is 2.66. The monoisotopic (exact) mass is 205 g/mol. The van der Waals surface area contributed by atoms with Crippen LogP contribution in [0.4, 0.5) is 11.6 Å². The van der Waals surface area contributed by atoms with Gasteiger partial charge in [-0.2, -0.15) is 0 Å². The first-order chi connectivity index (χ1) is 7.29. The van der Waals surface area contributed by atoms with Crippen LogP contribution < -0.4 is 10.2 Å². The largest absolute Gasteiger partial charge is 0.370 e. The summed E-state index contributed by atoms with van der Waals surface area (Å²) in [7, 11) is 0. The van der Waals surface area contributed by atoms with E-state index < -0.39 is 0 Å². The Bertz CT molecular complexity index is 324. The van der Waals surface area contributed by atoms with Crippen molar-refractivity contribution in [1.82, 2.24) is 4.98 Å². The van der Waals surface area contributed by atoms with Gasteiger partial charge < -0.3 is 10.2 Å². The third-order valence-electron chi connectivity index (χ3n) is 2.84. The molecule has 0 saturated carbocycles. The summed E-state index contributed by atoms with van der Waals surface area (Å²) in [5.41, 5.74) is 0. The van der Waals surface area contributed by atoms with Gasteiger partial charge in [0.25, 0.3) is 0 Å². The van der Waals surface area contributed by atoms with E-state index >= 15 is 0 Å². The Morgan fingerprint density at radius 1 is 1.53 bits per heavy atom. The van der Waals surface area contributed by atoms with E-state index in [0.717, 1.165) is 37.2 Å². The molecule has 2 rings (SSSR count). The molecule has 82 valence electrons. The maximum absolute atomic E-state index is 4.59. The highest BCUT2D eigenvalue weighted by Crippen LogP contribution is 2.22. The molecule has 1 aliphatic heterocycles. The van der Waals surface area contributed by atoms with Crippen LogP contribution in [0.3, 0.4) is 0 Å². The number of aromatic nitrogens is 1.